The van der Waals surface area contributed by atoms with E-state index in [9.17, 15) is 13.2 Å². The van der Waals surface area contributed by atoms with Gasteiger partial charge in [0.05, 0.1) is 5.39 Å². The molecule has 0 atom stereocenters. The van der Waals surface area contributed by atoms with E-state index < -0.39 is 22.5 Å². The van der Waals surface area contributed by atoms with Gasteiger partial charge in [0, 0.05) is 0 Å². The van der Waals surface area contributed by atoms with Gasteiger partial charge in [0.2, 0.25) is 0 Å². The van der Waals surface area contributed by atoms with Crippen molar-refractivity contribution in [3.05, 3.63) is 46.2 Å². The summed E-state index contributed by atoms with van der Waals surface area (Å²) in [6.45, 7) is 1.65. The van der Waals surface area contributed by atoms with Crippen LogP contribution in [-0.4, -0.2) is 0 Å². The zero-order valence-corrected chi connectivity index (χ0v) is 8.50. The Labute approximate surface area is 89.3 Å². The summed E-state index contributed by atoms with van der Waals surface area (Å²) < 4.78 is 39.9. The number of fused-ring (bicyclic) bond motifs is 1. The Morgan fingerprint density at radius 1 is 1.00 bits per heavy atom. The molecular weight excluding hydrogens is 225 g/mol. The van der Waals surface area contributed by atoms with E-state index in [1.54, 1.807) is 6.92 Å². The van der Waals surface area contributed by atoms with Crippen molar-refractivity contribution in [1.29, 1.82) is 0 Å². The third kappa shape index (κ3) is 1.57. The fourth-order valence-corrected chi connectivity index (χ4v) is 1.68. The Hall–Kier alpha value is -1.22. The zero-order valence-electron chi connectivity index (χ0n) is 7.74. The van der Waals surface area contributed by atoms with Gasteiger partial charge in [0.15, 0.2) is 5.82 Å². The highest BCUT2D eigenvalue weighted by Crippen LogP contribution is 2.30. The van der Waals surface area contributed by atoms with E-state index in [4.69, 9.17) is 11.6 Å². The van der Waals surface area contributed by atoms with Gasteiger partial charge >= 0.3 is 0 Å². The molecule has 0 fully saturated rings. The fourth-order valence-electron chi connectivity index (χ4n) is 1.53. The van der Waals surface area contributed by atoms with Crippen molar-refractivity contribution in [3.8, 4) is 0 Å². The number of hydrogen-bond donors (Lipinski definition) is 0. The van der Waals surface area contributed by atoms with Crippen LogP contribution in [0.1, 0.15) is 5.56 Å². The van der Waals surface area contributed by atoms with Crippen molar-refractivity contribution < 1.29 is 13.2 Å². The van der Waals surface area contributed by atoms with Crippen LogP contribution in [0.15, 0.2) is 18.2 Å². The average Bonchev–Trinajstić information content (AvgIpc) is 2.13. The van der Waals surface area contributed by atoms with Gasteiger partial charge in [-0.25, -0.2) is 13.2 Å². The molecule has 0 aliphatic rings. The summed E-state index contributed by atoms with van der Waals surface area (Å²) in [5.41, 5.74) is 0.598. The highest BCUT2D eigenvalue weighted by atomic mass is 35.5. The highest BCUT2D eigenvalue weighted by Gasteiger charge is 2.15. The third-order valence-corrected chi connectivity index (χ3v) is 2.52. The average molecular weight is 231 g/mol. The smallest absolute Gasteiger partial charge is 0.155 e. The summed E-state index contributed by atoms with van der Waals surface area (Å²) in [6, 6.07) is 3.71. The van der Waals surface area contributed by atoms with Gasteiger partial charge in [0.25, 0.3) is 0 Å². The molecule has 0 amide bonds. The van der Waals surface area contributed by atoms with Crippen LogP contribution in [0.25, 0.3) is 10.8 Å². The molecule has 15 heavy (non-hydrogen) atoms. The van der Waals surface area contributed by atoms with Crippen LogP contribution in [0.5, 0.6) is 0 Å². The highest BCUT2D eigenvalue weighted by molar-refractivity contribution is 6.31. The number of benzene rings is 2. The minimum atomic E-state index is -1.05. The molecule has 4 heteroatoms. The normalized spacial score (nSPS) is 11.0. The molecule has 78 valence electrons. The summed E-state index contributed by atoms with van der Waals surface area (Å²) in [4.78, 5) is 0. The lowest BCUT2D eigenvalue weighted by Gasteiger charge is -2.05. The van der Waals surface area contributed by atoms with E-state index in [0.29, 0.717) is 5.56 Å². The van der Waals surface area contributed by atoms with Crippen molar-refractivity contribution >= 4 is 22.4 Å². The summed E-state index contributed by atoms with van der Waals surface area (Å²) in [7, 11) is 0. The maximum atomic E-state index is 13.4. The molecule has 0 aliphatic heterocycles. The predicted octanol–water partition coefficient (Wildman–Crippen LogP) is 4.22. The lowest BCUT2D eigenvalue weighted by molar-refractivity contribution is 0.582. The van der Waals surface area contributed by atoms with Crippen LogP contribution in [-0.2, 0) is 0 Å². The number of hydrogen-bond acceptors (Lipinski definition) is 0. The summed E-state index contributed by atoms with van der Waals surface area (Å²) in [5.74, 6) is -2.67. The van der Waals surface area contributed by atoms with Crippen molar-refractivity contribution in [3.63, 3.8) is 0 Å². The molecule has 0 unspecified atom stereocenters. The van der Waals surface area contributed by atoms with E-state index in [1.807, 2.05) is 0 Å². The molecule has 2 rings (SSSR count). The molecule has 0 saturated heterocycles. The Bertz CT molecular complexity index is 549. The van der Waals surface area contributed by atoms with Crippen LogP contribution < -0.4 is 0 Å². The van der Waals surface area contributed by atoms with Gasteiger partial charge in [-0.1, -0.05) is 17.7 Å². The number of aryl methyl sites for hydroxylation is 1. The van der Waals surface area contributed by atoms with Crippen molar-refractivity contribution in [2.45, 2.75) is 6.92 Å². The summed E-state index contributed by atoms with van der Waals surface area (Å²) in [6.07, 6.45) is 0. The van der Waals surface area contributed by atoms with Gasteiger partial charge in [0.1, 0.15) is 16.7 Å². The Morgan fingerprint density at radius 3 is 2.33 bits per heavy atom. The van der Waals surface area contributed by atoms with Crippen LogP contribution in [0, 0.1) is 24.4 Å². The molecule has 0 saturated carbocycles. The van der Waals surface area contributed by atoms with E-state index >= 15 is 0 Å². The molecule has 0 heterocycles. The Kier molecular flexibility index (Phi) is 2.35. The van der Waals surface area contributed by atoms with Gasteiger partial charge < -0.3 is 0 Å². The summed E-state index contributed by atoms with van der Waals surface area (Å²) >= 11 is 5.35. The zero-order chi connectivity index (χ0) is 11.2. The molecule has 0 spiro atoms. The topological polar surface area (TPSA) is 0 Å². The number of rotatable bonds is 0. The Morgan fingerprint density at radius 2 is 1.67 bits per heavy atom. The SMILES string of the molecule is Cc1cc(F)c2c(F)c(Cl)c(F)cc2c1. The molecule has 2 aromatic carbocycles. The van der Waals surface area contributed by atoms with Crippen LogP contribution in [0.4, 0.5) is 13.2 Å². The second-order valence-electron chi connectivity index (χ2n) is 3.33. The lowest BCUT2D eigenvalue weighted by Crippen LogP contribution is -1.91. The monoisotopic (exact) mass is 230 g/mol. The van der Waals surface area contributed by atoms with E-state index in [-0.39, 0.29) is 10.8 Å². The number of halogens is 4. The van der Waals surface area contributed by atoms with Crippen molar-refractivity contribution in [2.24, 2.45) is 0 Å². The quantitative estimate of drug-likeness (QED) is 0.595. The minimum Gasteiger partial charge on any atom is -0.206 e. The lowest BCUT2D eigenvalue weighted by atomic mass is 10.1. The van der Waals surface area contributed by atoms with E-state index in [2.05, 4.69) is 0 Å². The van der Waals surface area contributed by atoms with E-state index in [1.165, 1.54) is 12.1 Å². The molecule has 0 bridgehead atoms. The standard InChI is InChI=1S/C11H6ClF3/c1-5-2-6-4-8(14)10(12)11(15)9(6)7(13)3-5/h2-4H,1H3. The van der Waals surface area contributed by atoms with Crippen molar-refractivity contribution in [1.82, 2.24) is 0 Å². The minimum absolute atomic E-state index is 0.173. The molecule has 0 N–H and O–H groups in total. The molecule has 2 aromatic rings. The van der Waals surface area contributed by atoms with Gasteiger partial charge in [-0.15, -0.1) is 0 Å². The molecule has 0 aromatic heterocycles. The first-order valence-electron chi connectivity index (χ1n) is 4.24. The maximum Gasteiger partial charge on any atom is 0.155 e. The second kappa shape index (κ2) is 3.42. The van der Waals surface area contributed by atoms with Crippen LogP contribution >= 0.6 is 11.6 Å². The van der Waals surface area contributed by atoms with Gasteiger partial charge in [-0.05, 0) is 30.0 Å². The first-order chi connectivity index (χ1) is 7.00. The predicted molar refractivity (Wildman–Crippen MR) is 53.6 cm³/mol. The first kappa shape index (κ1) is 10.3. The maximum absolute atomic E-state index is 13.4. The molecule has 0 radical (unpaired) electrons. The van der Waals surface area contributed by atoms with E-state index in [0.717, 1.165) is 6.07 Å². The summed E-state index contributed by atoms with van der Waals surface area (Å²) in [5, 5.41) is -0.774. The second-order valence-corrected chi connectivity index (χ2v) is 3.71. The van der Waals surface area contributed by atoms with Crippen molar-refractivity contribution in [2.75, 3.05) is 0 Å². The molecule has 0 aliphatic carbocycles. The van der Waals surface area contributed by atoms with Gasteiger partial charge in [-0.2, -0.15) is 0 Å². The molecular formula is C11H6ClF3. The first-order valence-corrected chi connectivity index (χ1v) is 4.62. The molecule has 0 nitrogen and oxygen atoms in total. The third-order valence-electron chi connectivity index (χ3n) is 2.17. The Balaban J connectivity index is 2.99. The van der Waals surface area contributed by atoms with Crippen LogP contribution in [0.2, 0.25) is 5.02 Å². The van der Waals surface area contributed by atoms with Crippen LogP contribution in [0.3, 0.4) is 0 Å². The van der Waals surface area contributed by atoms with Gasteiger partial charge in [-0.3, -0.25) is 0 Å². The largest absolute Gasteiger partial charge is 0.206 e. The fraction of sp³-hybridized carbons (Fsp3) is 0.0909.